The summed E-state index contributed by atoms with van der Waals surface area (Å²) >= 11 is 0. The predicted octanol–water partition coefficient (Wildman–Crippen LogP) is 2.27. The summed E-state index contributed by atoms with van der Waals surface area (Å²) in [7, 11) is 2.23. The van der Waals surface area contributed by atoms with Crippen LogP contribution in [0.3, 0.4) is 0 Å². The van der Waals surface area contributed by atoms with Crippen molar-refractivity contribution in [3.05, 3.63) is 0 Å². The van der Waals surface area contributed by atoms with Crippen molar-refractivity contribution >= 4 is 0 Å². The SMILES string of the molecule is CN(CC1CCCCO1)CC(C)(C)CNC1CC1. The molecule has 1 heterocycles. The first kappa shape index (κ1) is 14.3. The Hall–Kier alpha value is -0.120. The number of nitrogens with one attached hydrogen (secondary N) is 1. The van der Waals surface area contributed by atoms with E-state index in [1.54, 1.807) is 0 Å². The van der Waals surface area contributed by atoms with Gasteiger partial charge in [-0.05, 0) is 44.6 Å². The molecule has 2 aliphatic rings. The highest BCUT2D eigenvalue weighted by atomic mass is 16.5. The zero-order valence-corrected chi connectivity index (χ0v) is 12.4. The van der Waals surface area contributed by atoms with Crippen LogP contribution >= 0.6 is 0 Å². The molecule has 106 valence electrons. The van der Waals surface area contributed by atoms with Crippen molar-refractivity contribution in [3.63, 3.8) is 0 Å². The van der Waals surface area contributed by atoms with E-state index in [9.17, 15) is 0 Å². The zero-order chi connectivity index (χ0) is 13.0. The molecule has 0 spiro atoms. The van der Waals surface area contributed by atoms with Crippen LogP contribution in [0.1, 0.15) is 46.0 Å². The summed E-state index contributed by atoms with van der Waals surface area (Å²) in [5, 5.41) is 3.65. The lowest BCUT2D eigenvalue weighted by Crippen LogP contribution is -2.42. The lowest BCUT2D eigenvalue weighted by Gasteiger charge is -2.33. The minimum absolute atomic E-state index is 0.353. The van der Waals surface area contributed by atoms with Crippen molar-refractivity contribution in [2.75, 3.05) is 33.3 Å². The van der Waals surface area contributed by atoms with Gasteiger partial charge in [0.2, 0.25) is 0 Å². The van der Waals surface area contributed by atoms with Crippen molar-refractivity contribution < 1.29 is 4.74 Å². The third-order valence-electron chi connectivity index (χ3n) is 3.93. The van der Waals surface area contributed by atoms with Crippen molar-refractivity contribution in [2.24, 2.45) is 5.41 Å². The highest BCUT2D eigenvalue weighted by Crippen LogP contribution is 2.22. The van der Waals surface area contributed by atoms with Gasteiger partial charge in [-0.15, -0.1) is 0 Å². The summed E-state index contributed by atoms with van der Waals surface area (Å²) in [6.45, 7) is 9.05. The molecule has 3 nitrogen and oxygen atoms in total. The summed E-state index contributed by atoms with van der Waals surface area (Å²) in [4.78, 5) is 2.45. The van der Waals surface area contributed by atoms with E-state index in [1.165, 1.54) is 32.1 Å². The second-order valence-corrected chi connectivity index (χ2v) is 7.00. The van der Waals surface area contributed by atoms with Gasteiger partial charge >= 0.3 is 0 Å². The third-order valence-corrected chi connectivity index (χ3v) is 3.93. The molecule has 1 saturated heterocycles. The van der Waals surface area contributed by atoms with Gasteiger partial charge in [-0.2, -0.15) is 0 Å². The highest BCUT2D eigenvalue weighted by Gasteiger charge is 2.27. The van der Waals surface area contributed by atoms with Crippen LogP contribution in [-0.2, 0) is 4.74 Å². The molecule has 1 aliphatic heterocycles. The van der Waals surface area contributed by atoms with E-state index in [-0.39, 0.29) is 0 Å². The standard InChI is InChI=1S/C15H30N2O/c1-15(2,11-16-13-7-8-13)12-17(3)10-14-6-4-5-9-18-14/h13-14,16H,4-12H2,1-3H3. The van der Waals surface area contributed by atoms with Crippen LogP contribution in [0.4, 0.5) is 0 Å². The van der Waals surface area contributed by atoms with Gasteiger partial charge in [0.15, 0.2) is 0 Å². The Labute approximate surface area is 112 Å². The van der Waals surface area contributed by atoms with E-state index in [2.05, 4.69) is 31.1 Å². The van der Waals surface area contributed by atoms with Gasteiger partial charge in [0.05, 0.1) is 6.10 Å². The Morgan fingerprint density at radius 3 is 2.61 bits per heavy atom. The minimum atomic E-state index is 0.353. The normalized spacial score (nSPS) is 25.7. The number of ether oxygens (including phenoxy) is 1. The van der Waals surface area contributed by atoms with Gasteiger partial charge in [-0.25, -0.2) is 0 Å². The first-order valence-electron chi connectivity index (χ1n) is 7.59. The third kappa shape index (κ3) is 5.25. The molecular weight excluding hydrogens is 224 g/mol. The van der Waals surface area contributed by atoms with Gasteiger partial charge in [0.1, 0.15) is 0 Å². The number of nitrogens with zero attached hydrogens (tertiary/aromatic N) is 1. The smallest absolute Gasteiger partial charge is 0.0701 e. The molecule has 0 amide bonds. The lowest BCUT2D eigenvalue weighted by molar-refractivity contribution is -0.00619. The van der Waals surface area contributed by atoms with Crippen molar-refractivity contribution in [1.29, 1.82) is 0 Å². The number of hydrogen-bond acceptors (Lipinski definition) is 3. The first-order valence-corrected chi connectivity index (χ1v) is 7.59. The van der Waals surface area contributed by atoms with Gasteiger partial charge in [0.25, 0.3) is 0 Å². The quantitative estimate of drug-likeness (QED) is 0.754. The van der Waals surface area contributed by atoms with Crippen molar-refractivity contribution in [1.82, 2.24) is 10.2 Å². The molecule has 1 saturated carbocycles. The fourth-order valence-corrected chi connectivity index (χ4v) is 2.86. The topological polar surface area (TPSA) is 24.5 Å². The van der Waals surface area contributed by atoms with Gasteiger partial charge < -0.3 is 15.0 Å². The van der Waals surface area contributed by atoms with E-state index in [4.69, 9.17) is 4.74 Å². The Bertz CT molecular complexity index is 245. The van der Waals surface area contributed by atoms with E-state index >= 15 is 0 Å². The van der Waals surface area contributed by atoms with Crippen LogP contribution in [0.15, 0.2) is 0 Å². The lowest BCUT2D eigenvalue weighted by atomic mass is 9.92. The summed E-state index contributed by atoms with van der Waals surface area (Å²) in [6, 6.07) is 0.816. The number of hydrogen-bond donors (Lipinski definition) is 1. The molecule has 2 fully saturated rings. The van der Waals surface area contributed by atoms with E-state index in [1.807, 2.05) is 0 Å². The molecule has 1 aliphatic carbocycles. The average molecular weight is 254 g/mol. The van der Waals surface area contributed by atoms with Crippen LogP contribution in [-0.4, -0.2) is 50.3 Å². The molecule has 0 aromatic heterocycles. The second-order valence-electron chi connectivity index (χ2n) is 7.00. The van der Waals surface area contributed by atoms with Crippen molar-refractivity contribution in [2.45, 2.75) is 58.1 Å². The van der Waals surface area contributed by atoms with E-state index in [0.29, 0.717) is 11.5 Å². The molecule has 0 bridgehead atoms. The molecule has 0 aromatic carbocycles. The monoisotopic (exact) mass is 254 g/mol. The maximum atomic E-state index is 5.81. The molecule has 3 heteroatoms. The number of rotatable bonds is 7. The summed E-state index contributed by atoms with van der Waals surface area (Å²) in [5.74, 6) is 0. The van der Waals surface area contributed by atoms with Crippen LogP contribution in [0.2, 0.25) is 0 Å². The molecule has 1 atom stereocenters. The minimum Gasteiger partial charge on any atom is -0.377 e. The first-order chi connectivity index (χ1) is 8.55. The zero-order valence-electron chi connectivity index (χ0n) is 12.4. The van der Waals surface area contributed by atoms with E-state index < -0.39 is 0 Å². The van der Waals surface area contributed by atoms with Gasteiger partial charge in [-0.1, -0.05) is 13.8 Å². The molecule has 0 radical (unpaired) electrons. The van der Waals surface area contributed by atoms with E-state index in [0.717, 1.165) is 32.3 Å². The molecule has 1 N–H and O–H groups in total. The molecule has 18 heavy (non-hydrogen) atoms. The Morgan fingerprint density at radius 2 is 2.00 bits per heavy atom. The fraction of sp³-hybridized carbons (Fsp3) is 1.00. The Morgan fingerprint density at radius 1 is 1.22 bits per heavy atom. The number of likely N-dealkylation sites (N-methyl/N-ethyl adjacent to an activating group) is 1. The average Bonchev–Trinajstić information content (AvgIpc) is 3.10. The molecule has 0 aromatic rings. The Balaban J connectivity index is 1.65. The molecule has 2 rings (SSSR count). The van der Waals surface area contributed by atoms with Crippen LogP contribution < -0.4 is 5.32 Å². The fourth-order valence-electron chi connectivity index (χ4n) is 2.86. The van der Waals surface area contributed by atoms with Crippen LogP contribution in [0.25, 0.3) is 0 Å². The van der Waals surface area contributed by atoms with Crippen molar-refractivity contribution in [3.8, 4) is 0 Å². The maximum absolute atomic E-state index is 5.81. The van der Waals surface area contributed by atoms with Gasteiger partial charge in [0, 0.05) is 32.3 Å². The Kier molecular flexibility index (Phi) is 5.05. The maximum Gasteiger partial charge on any atom is 0.0701 e. The predicted molar refractivity (Wildman–Crippen MR) is 75.9 cm³/mol. The highest BCUT2D eigenvalue weighted by molar-refractivity contribution is 4.85. The molecule has 1 unspecified atom stereocenters. The van der Waals surface area contributed by atoms with Crippen LogP contribution in [0, 0.1) is 5.41 Å². The summed E-state index contributed by atoms with van der Waals surface area (Å²) in [5.41, 5.74) is 0.353. The van der Waals surface area contributed by atoms with Gasteiger partial charge in [-0.3, -0.25) is 0 Å². The molecular formula is C15H30N2O. The second kappa shape index (κ2) is 6.36. The summed E-state index contributed by atoms with van der Waals surface area (Å²) < 4.78 is 5.81. The van der Waals surface area contributed by atoms with Crippen LogP contribution in [0.5, 0.6) is 0 Å². The summed E-state index contributed by atoms with van der Waals surface area (Å²) in [6.07, 6.45) is 7.05. The largest absolute Gasteiger partial charge is 0.377 e.